The number of rotatable bonds is 7. The molecular weight excluding hydrogens is 336 g/mol. The number of carbonyl (C=O) groups is 1. The van der Waals surface area contributed by atoms with E-state index in [1.165, 1.54) is 0 Å². The van der Waals surface area contributed by atoms with Gasteiger partial charge >= 0.3 is 0 Å². The fourth-order valence-electron chi connectivity index (χ4n) is 3.34. The van der Waals surface area contributed by atoms with Crippen LogP contribution in [0, 0.1) is 0 Å². The molecule has 1 atom stereocenters. The zero-order chi connectivity index (χ0) is 19.2. The van der Waals surface area contributed by atoms with Crippen molar-refractivity contribution in [1.82, 2.24) is 9.47 Å². The number of benzene rings is 2. The topological polar surface area (TPSA) is 34.5 Å². The lowest BCUT2D eigenvalue weighted by atomic mass is 10.0. The smallest absolute Gasteiger partial charge is 0.271 e. The lowest BCUT2D eigenvalue weighted by Crippen LogP contribution is -2.40. The van der Waals surface area contributed by atoms with Gasteiger partial charge in [-0.3, -0.25) is 4.79 Å². The Balaban J connectivity index is 1.88. The van der Waals surface area contributed by atoms with Crippen LogP contribution in [-0.2, 0) is 20.0 Å². The first kappa shape index (κ1) is 18.8. The second-order valence-corrected chi connectivity index (χ2v) is 6.79. The van der Waals surface area contributed by atoms with Gasteiger partial charge in [0.05, 0.1) is 7.11 Å². The molecule has 0 N–H and O–H groups in total. The lowest BCUT2D eigenvalue weighted by molar-refractivity contribution is 0.0665. The third-order valence-electron chi connectivity index (χ3n) is 4.86. The number of para-hydroxylation sites is 1. The third kappa shape index (κ3) is 4.40. The van der Waals surface area contributed by atoms with Crippen molar-refractivity contribution in [3.05, 3.63) is 89.7 Å². The van der Waals surface area contributed by atoms with E-state index in [0.717, 1.165) is 23.3 Å². The molecule has 2 aromatic carbocycles. The van der Waals surface area contributed by atoms with E-state index in [9.17, 15) is 4.79 Å². The van der Waals surface area contributed by atoms with Crippen molar-refractivity contribution in [1.29, 1.82) is 0 Å². The minimum absolute atomic E-state index is 0.0175. The predicted octanol–water partition coefficient (Wildman–Crippen LogP) is 4.31. The molecule has 1 heterocycles. The summed E-state index contributed by atoms with van der Waals surface area (Å²) in [6.07, 6.45) is 2.63. The maximum Gasteiger partial charge on any atom is 0.271 e. The van der Waals surface area contributed by atoms with Crippen LogP contribution in [-0.4, -0.2) is 28.5 Å². The molecule has 1 amide bonds. The van der Waals surface area contributed by atoms with Crippen molar-refractivity contribution in [2.45, 2.75) is 25.9 Å². The van der Waals surface area contributed by atoms with Crippen LogP contribution in [0.25, 0.3) is 0 Å². The van der Waals surface area contributed by atoms with Gasteiger partial charge in [-0.2, -0.15) is 0 Å². The van der Waals surface area contributed by atoms with Crippen molar-refractivity contribution < 1.29 is 9.53 Å². The molecule has 0 saturated heterocycles. The Morgan fingerprint density at radius 3 is 2.41 bits per heavy atom. The molecule has 0 radical (unpaired) electrons. The highest BCUT2D eigenvalue weighted by atomic mass is 16.5. The summed E-state index contributed by atoms with van der Waals surface area (Å²) in [5, 5.41) is 0. The van der Waals surface area contributed by atoms with E-state index in [1.807, 2.05) is 71.2 Å². The van der Waals surface area contributed by atoms with Crippen LogP contribution >= 0.6 is 0 Å². The van der Waals surface area contributed by atoms with Crippen LogP contribution in [0.5, 0.6) is 5.75 Å². The Kier molecular flexibility index (Phi) is 5.97. The van der Waals surface area contributed by atoms with Gasteiger partial charge in [0.15, 0.2) is 0 Å². The quantitative estimate of drug-likeness (QED) is 0.628. The van der Waals surface area contributed by atoms with Crippen molar-refractivity contribution in [2.75, 3.05) is 7.11 Å². The second kappa shape index (κ2) is 8.58. The van der Waals surface area contributed by atoms with E-state index in [1.54, 1.807) is 7.11 Å². The SMILES string of the molecule is COc1ccccc1CC(C)N(Cc1ccccc1)C(=O)c1cccn1C. The average molecular weight is 362 g/mol. The fraction of sp³-hybridized carbons (Fsp3) is 0.261. The summed E-state index contributed by atoms with van der Waals surface area (Å²) in [7, 11) is 3.58. The summed E-state index contributed by atoms with van der Waals surface area (Å²) in [6.45, 7) is 2.66. The van der Waals surface area contributed by atoms with E-state index in [4.69, 9.17) is 4.74 Å². The molecule has 0 bridgehead atoms. The number of amides is 1. The number of nitrogens with zero attached hydrogens (tertiary/aromatic N) is 2. The molecule has 0 aliphatic carbocycles. The number of aryl methyl sites for hydroxylation is 1. The average Bonchev–Trinajstić information content (AvgIpc) is 3.12. The number of methoxy groups -OCH3 is 1. The zero-order valence-corrected chi connectivity index (χ0v) is 16.1. The maximum absolute atomic E-state index is 13.3. The Morgan fingerprint density at radius 2 is 1.74 bits per heavy atom. The monoisotopic (exact) mass is 362 g/mol. The van der Waals surface area contributed by atoms with Crippen LogP contribution in [0.4, 0.5) is 0 Å². The predicted molar refractivity (Wildman–Crippen MR) is 108 cm³/mol. The van der Waals surface area contributed by atoms with E-state index < -0.39 is 0 Å². The maximum atomic E-state index is 13.3. The minimum atomic E-state index is 0.0175. The number of aromatic nitrogens is 1. The minimum Gasteiger partial charge on any atom is -0.496 e. The van der Waals surface area contributed by atoms with Gasteiger partial charge in [-0.15, -0.1) is 0 Å². The van der Waals surface area contributed by atoms with Crippen LogP contribution < -0.4 is 4.74 Å². The first-order valence-corrected chi connectivity index (χ1v) is 9.18. The molecule has 1 aromatic heterocycles. The molecule has 4 heteroatoms. The molecule has 1 unspecified atom stereocenters. The van der Waals surface area contributed by atoms with Gasteiger partial charge in [0.25, 0.3) is 5.91 Å². The Hall–Kier alpha value is -3.01. The van der Waals surface area contributed by atoms with Gasteiger partial charge in [-0.05, 0) is 42.7 Å². The summed E-state index contributed by atoms with van der Waals surface area (Å²) in [5.41, 5.74) is 2.91. The summed E-state index contributed by atoms with van der Waals surface area (Å²) in [6, 6.07) is 21.9. The molecule has 140 valence electrons. The van der Waals surface area contributed by atoms with E-state index in [0.29, 0.717) is 12.2 Å². The Labute approximate surface area is 161 Å². The number of ether oxygens (including phenoxy) is 1. The van der Waals surface area contributed by atoms with Gasteiger partial charge in [0.2, 0.25) is 0 Å². The van der Waals surface area contributed by atoms with Crippen LogP contribution in [0.3, 0.4) is 0 Å². The number of hydrogen-bond acceptors (Lipinski definition) is 2. The third-order valence-corrected chi connectivity index (χ3v) is 4.86. The van der Waals surface area contributed by atoms with Gasteiger partial charge in [0, 0.05) is 25.8 Å². The van der Waals surface area contributed by atoms with Crippen LogP contribution in [0.1, 0.15) is 28.5 Å². The van der Waals surface area contributed by atoms with Crippen LogP contribution in [0.2, 0.25) is 0 Å². The second-order valence-electron chi connectivity index (χ2n) is 6.79. The van der Waals surface area contributed by atoms with E-state index >= 15 is 0 Å². The lowest BCUT2D eigenvalue weighted by Gasteiger charge is -2.30. The molecular formula is C23H26N2O2. The highest BCUT2D eigenvalue weighted by molar-refractivity contribution is 5.93. The first-order chi connectivity index (χ1) is 13.1. The number of hydrogen-bond donors (Lipinski definition) is 0. The summed E-state index contributed by atoms with van der Waals surface area (Å²) >= 11 is 0. The molecule has 3 rings (SSSR count). The van der Waals surface area contributed by atoms with Crippen molar-refractivity contribution in [3.63, 3.8) is 0 Å². The van der Waals surface area contributed by atoms with Gasteiger partial charge < -0.3 is 14.2 Å². The molecule has 3 aromatic rings. The molecule has 27 heavy (non-hydrogen) atoms. The molecule has 0 aliphatic rings. The fourth-order valence-corrected chi connectivity index (χ4v) is 3.34. The summed E-state index contributed by atoms with van der Waals surface area (Å²) in [4.78, 5) is 15.2. The standard InChI is InChI=1S/C23H26N2O2/c1-18(16-20-12-7-8-14-22(20)27-3)25(17-19-10-5-4-6-11-19)23(26)21-13-9-15-24(21)2/h4-15,18H,16-17H2,1-3H3. The van der Waals surface area contributed by atoms with Crippen molar-refractivity contribution >= 4 is 5.91 Å². The van der Waals surface area contributed by atoms with Gasteiger partial charge in [-0.1, -0.05) is 48.5 Å². The molecule has 0 fully saturated rings. The van der Waals surface area contributed by atoms with Crippen LogP contribution in [0.15, 0.2) is 72.9 Å². The summed E-state index contributed by atoms with van der Waals surface area (Å²) < 4.78 is 7.36. The van der Waals surface area contributed by atoms with Gasteiger partial charge in [-0.25, -0.2) is 0 Å². The normalized spacial score (nSPS) is 11.8. The molecule has 0 aliphatic heterocycles. The molecule has 0 spiro atoms. The van der Waals surface area contributed by atoms with Crippen molar-refractivity contribution in [3.8, 4) is 5.75 Å². The number of carbonyl (C=O) groups excluding carboxylic acids is 1. The highest BCUT2D eigenvalue weighted by Crippen LogP contribution is 2.22. The zero-order valence-electron chi connectivity index (χ0n) is 16.1. The Morgan fingerprint density at radius 1 is 1.04 bits per heavy atom. The van der Waals surface area contributed by atoms with Gasteiger partial charge in [0.1, 0.15) is 11.4 Å². The van der Waals surface area contributed by atoms with E-state index in [-0.39, 0.29) is 11.9 Å². The Bertz CT molecular complexity index is 886. The highest BCUT2D eigenvalue weighted by Gasteiger charge is 2.24. The first-order valence-electron chi connectivity index (χ1n) is 9.18. The largest absolute Gasteiger partial charge is 0.496 e. The van der Waals surface area contributed by atoms with E-state index in [2.05, 4.69) is 25.1 Å². The molecule has 4 nitrogen and oxygen atoms in total. The van der Waals surface area contributed by atoms with Crippen molar-refractivity contribution in [2.24, 2.45) is 7.05 Å². The summed E-state index contributed by atoms with van der Waals surface area (Å²) in [5.74, 6) is 0.893. The molecule has 0 saturated carbocycles.